The van der Waals surface area contributed by atoms with E-state index in [0.717, 1.165) is 30.6 Å². The van der Waals surface area contributed by atoms with Gasteiger partial charge in [-0.2, -0.15) is 0 Å². The second-order valence-corrected chi connectivity index (χ2v) is 4.14. The average molecular weight is 232 g/mol. The Balaban J connectivity index is 2.22. The fourth-order valence-electron chi connectivity index (χ4n) is 2.11. The number of carbonyl (C=O) groups excluding carboxylic acids is 1. The number of fused-ring (bicyclic) bond motifs is 1. The van der Waals surface area contributed by atoms with Crippen molar-refractivity contribution in [3.8, 4) is 5.75 Å². The fourth-order valence-corrected chi connectivity index (χ4v) is 2.11. The number of esters is 1. The van der Waals surface area contributed by atoms with Gasteiger partial charge >= 0.3 is 5.97 Å². The molecule has 17 heavy (non-hydrogen) atoms. The molecule has 0 spiro atoms. The van der Waals surface area contributed by atoms with Crippen molar-refractivity contribution in [2.75, 3.05) is 14.2 Å². The number of benzene rings is 1. The van der Waals surface area contributed by atoms with Gasteiger partial charge in [0.1, 0.15) is 5.75 Å². The van der Waals surface area contributed by atoms with Gasteiger partial charge in [0.05, 0.1) is 14.2 Å². The largest absolute Gasteiger partial charge is 0.497 e. The van der Waals surface area contributed by atoms with Crippen LogP contribution in [0.4, 0.5) is 0 Å². The summed E-state index contributed by atoms with van der Waals surface area (Å²) in [7, 11) is 3.06. The van der Waals surface area contributed by atoms with Crippen LogP contribution in [0.5, 0.6) is 5.75 Å². The molecule has 3 nitrogen and oxygen atoms in total. The standard InChI is InChI=1S/C14H16O3/c1-16-13-6-5-11-4-3-10(7-12(11)9-13)8-14(15)17-2/h5-6,8-9H,3-4,7H2,1-2H3. The van der Waals surface area contributed by atoms with Crippen LogP contribution in [-0.2, 0) is 22.4 Å². The first-order valence-electron chi connectivity index (χ1n) is 5.66. The average Bonchev–Trinajstić information content (AvgIpc) is 2.37. The van der Waals surface area contributed by atoms with Gasteiger partial charge in [0.25, 0.3) is 0 Å². The van der Waals surface area contributed by atoms with Crippen LogP contribution in [0.3, 0.4) is 0 Å². The molecule has 3 heteroatoms. The van der Waals surface area contributed by atoms with Crippen LogP contribution in [0.25, 0.3) is 0 Å². The number of carbonyl (C=O) groups is 1. The van der Waals surface area contributed by atoms with Gasteiger partial charge in [0.2, 0.25) is 0 Å². The molecule has 1 aliphatic carbocycles. The minimum Gasteiger partial charge on any atom is -0.497 e. The van der Waals surface area contributed by atoms with Crippen LogP contribution in [-0.4, -0.2) is 20.2 Å². The lowest BCUT2D eigenvalue weighted by Crippen LogP contribution is -2.08. The van der Waals surface area contributed by atoms with Crippen LogP contribution >= 0.6 is 0 Å². The summed E-state index contributed by atoms with van der Waals surface area (Å²) in [6, 6.07) is 6.12. The smallest absolute Gasteiger partial charge is 0.330 e. The molecule has 1 aromatic carbocycles. The predicted molar refractivity (Wildman–Crippen MR) is 65.1 cm³/mol. The normalized spacial score (nSPS) is 16.5. The van der Waals surface area contributed by atoms with Crippen molar-refractivity contribution >= 4 is 5.97 Å². The van der Waals surface area contributed by atoms with E-state index in [4.69, 9.17) is 4.74 Å². The third-order valence-electron chi connectivity index (χ3n) is 3.07. The van der Waals surface area contributed by atoms with Gasteiger partial charge in [-0.05, 0) is 42.5 Å². The molecule has 0 aliphatic heterocycles. The van der Waals surface area contributed by atoms with Gasteiger partial charge in [0, 0.05) is 6.08 Å². The molecule has 0 atom stereocenters. The van der Waals surface area contributed by atoms with Crippen molar-refractivity contribution in [3.05, 3.63) is 41.0 Å². The molecule has 0 radical (unpaired) electrons. The first-order chi connectivity index (χ1) is 8.22. The summed E-state index contributed by atoms with van der Waals surface area (Å²) in [4.78, 5) is 11.2. The number of ether oxygens (including phenoxy) is 2. The summed E-state index contributed by atoms with van der Waals surface area (Å²) in [6.45, 7) is 0. The number of hydrogen-bond donors (Lipinski definition) is 0. The Morgan fingerprint density at radius 1 is 1.24 bits per heavy atom. The third-order valence-corrected chi connectivity index (χ3v) is 3.07. The van der Waals surface area contributed by atoms with E-state index in [1.165, 1.54) is 18.2 Å². The maximum atomic E-state index is 11.2. The Labute approximate surface area is 101 Å². The topological polar surface area (TPSA) is 35.5 Å². The van der Waals surface area contributed by atoms with E-state index in [0.29, 0.717) is 0 Å². The third kappa shape index (κ3) is 2.67. The monoisotopic (exact) mass is 232 g/mol. The van der Waals surface area contributed by atoms with E-state index in [2.05, 4.69) is 10.8 Å². The molecule has 0 saturated heterocycles. The summed E-state index contributed by atoms with van der Waals surface area (Å²) in [5.41, 5.74) is 3.70. The lowest BCUT2D eigenvalue weighted by Gasteiger charge is -2.19. The van der Waals surface area contributed by atoms with Crippen molar-refractivity contribution in [3.63, 3.8) is 0 Å². The highest BCUT2D eigenvalue weighted by molar-refractivity contribution is 5.82. The first-order valence-corrected chi connectivity index (χ1v) is 5.66. The Hall–Kier alpha value is -1.77. The van der Waals surface area contributed by atoms with E-state index < -0.39 is 0 Å². The Morgan fingerprint density at radius 2 is 2.06 bits per heavy atom. The van der Waals surface area contributed by atoms with Crippen molar-refractivity contribution in [2.24, 2.45) is 0 Å². The summed E-state index contributed by atoms with van der Waals surface area (Å²) in [5.74, 6) is 0.592. The summed E-state index contributed by atoms with van der Waals surface area (Å²) in [5, 5.41) is 0. The van der Waals surface area contributed by atoms with Gasteiger partial charge in [0.15, 0.2) is 0 Å². The number of allylic oxidation sites excluding steroid dienone is 1. The Morgan fingerprint density at radius 3 is 2.76 bits per heavy atom. The molecule has 0 aromatic heterocycles. The SMILES string of the molecule is COC(=O)C=C1CCc2ccc(OC)cc2C1. The van der Waals surface area contributed by atoms with Gasteiger partial charge in [-0.1, -0.05) is 11.6 Å². The van der Waals surface area contributed by atoms with Gasteiger partial charge in [-0.3, -0.25) is 0 Å². The molecule has 0 heterocycles. The first kappa shape index (κ1) is 11.7. The zero-order chi connectivity index (χ0) is 12.3. The molecular weight excluding hydrogens is 216 g/mol. The molecule has 0 fully saturated rings. The molecule has 1 aliphatic rings. The van der Waals surface area contributed by atoms with E-state index in [-0.39, 0.29) is 5.97 Å². The van der Waals surface area contributed by atoms with Crippen molar-refractivity contribution in [1.82, 2.24) is 0 Å². The number of methoxy groups -OCH3 is 2. The molecule has 0 bridgehead atoms. The number of aryl methyl sites for hydroxylation is 1. The van der Waals surface area contributed by atoms with Crippen molar-refractivity contribution in [2.45, 2.75) is 19.3 Å². The van der Waals surface area contributed by atoms with Crippen LogP contribution < -0.4 is 4.74 Å². The molecule has 0 unspecified atom stereocenters. The summed E-state index contributed by atoms with van der Waals surface area (Å²) >= 11 is 0. The van der Waals surface area contributed by atoms with Gasteiger partial charge < -0.3 is 9.47 Å². The van der Waals surface area contributed by atoms with Crippen molar-refractivity contribution in [1.29, 1.82) is 0 Å². The van der Waals surface area contributed by atoms with Crippen LogP contribution in [0.15, 0.2) is 29.8 Å². The lowest BCUT2D eigenvalue weighted by atomic mass is 9.88. The van der Waals surface area contributed by atoms with Crippen LogP contribution in [0.1, 0.15) is 17.5 Å². The van der Waals surface area contributed by atoms with E-state index in [1.54, 1.807) is 13.2 Å². The molecule has 2 rings (SSSR count). The minimum atomic E-state index is -0.272. The number of hydrogen-bond acceptors (Lipinski definition) is 3. The van der Waals surface area contributed by atoms with E-state index in [1.807, 2.05) is 12.1 Å². The molecular formula is C14H16O3. The quantitative estimate of drug-likeness (QED) is 0.579. The molecule has 1 aromatic rings. The number of rotatable bonds is 2. The van der Waals surface area contributed by atoms with E-state index >= 15 is 0 Å². The summed E-state index contributed by atoms with van der Waals surface area (Å²) in [6.07, 6.45) is 4.31. The molecule has 0 amide bonds. The predicted octanol–water partition coefficient (Wildman–Crippen LogP) is 2.28. The fraction of sp³-hybridized carbons (Fsp3) is 0.357. The van der Waals surface area contributed by atoms with E-state index in [9.17, 15) is 4.79 Å². The molecule has 90 valence electrons. The minimum absolute atomic E-state index is 0.272. The Bertz CT molecular complexity index is 461. The zero-order valence-corrected chi connectivity index (χ0v) is 10.2. The zero-order valence-electron chi connectivity index (χ0n) is 10.2. The second-order valence-electron chi connectivity index (χ2n) is 4.14. The highest BCUT2D eigenvalue weighted by atomic mass is 16.5. The van der Waals surface area contributed by atoms with Gasteiger partial charge in [-0.25, -0.2) is 4.79 Å². The van der Waals surface area contributed by atoms with Crippen molar-refractivity contribution < 1.29 is 14.3 Å². The molecule has 0 saturated carbocycles. The van der Waals surface area contributed by atoms with Gasteiger partial charge in [-0.15, -0.1) is 0 Å². The maximum Gasteiger partial charge on any atom is 0.330 e. The second kappa shape index (κ2) is 5.04. The summed E-state index contributed by atoms with van der Waals surface area (Å²) < 4.78 is 9.85. The van der Waals surface area contributed by atoms with Crippen LogP contribution in [0, 0.1) is 0 Å². The highest BCUT2D eigenvalue weighted by Gasteiger charge is 2.14. The van der Waals surface area contributed by atoms with Crippen LogP contribution in [0.2, 0.25) is 0 Å². The lowest BCUT2D eigenvalue weighted by molar-refractivity contribution is -0.134. The molecule has 0 N–H and O–H groups in total. The Kier molecular flexibility index (Phi) is 3.47. The highest BCUT2D eigenvalue weighted by Crippen LogP contribution is 2.28. The maximum absolute atomic E-state index is 11.2.